The maximum Gasteiger partial charge on any atom is 0.274 e. The molecule has 0 atom stereocenters. The third kappa shape index (κ3) is 4.57. The summed E-state index contributed by atoms with van der Waals surface area (Å²) in [5, 5.41) is 6.32. The molecule has 2 rings (SSSR count). The number of carbonyl (C=O) groups is 1. The summed E-state index contributed by atoms with van der Waals surface area (Å²) < 4.78 is 0. The molecule has 0 fully saturated rings. The van der Waals surface area contributed by atoms with Gasteiger partial charge in [0.05, 0.1) is 11.9 Å². The fourth-order valence-corrected chi connectivity index (χ4v) is 2.47. The number of hydrogen-bond acceptors (Lipinski definition) is 3. The molecule has 0 aliphatic carbocycles. The average molecular weight is 325 g/mol. The second kappa shape index (κ2) is 7.95. The Morgan fingerprint density at radius 2 is 1.88 bits per heavy atom. The summed E-state index contributed by atoms with van der Waals surface area (Å²) in [5.74, 6) is 0.723. The van der Waals surface area contributed by atoms with Crippen LogP contribution in [0.25, 0.3) is 0 Å². The lowest BCUT2D eigenvalue weighted by atomic mass is 9.98. The van der Waals surface area contributed by atoms with Crippen molar-refractivity contribution >= 4 is 17.3 Å². The van der Waals surface area contributed by atoms with Crippen molar-refractivity contribution in [1.82, 2.24) is 4.98 Å². The summed E-state index contributed by atoms with van der Waals surface area (Å²) in [6, 6.07) is 9.73. The van der Waals surface area contributed by atoms with E-state index in [4.69, 9.17) is 0 Å². The molecule has 1 aromatic heterocycles. The molecule has 2 N–H and O–H groups in total. The number of anilines is 2. The summed E-state index contributed by atoms with van der Waals surface area (Å²) in [4.78, 5) is 16.8. The highest BCUT2D eigenvalue weighted by molar-refractivity contribution is 6.03. The van der Waals surface area contributed by atoms with Crippen LogP contribution in [0.15, 0.2) is 36.5 Å². The van der Waals surface area contributed by atoms with E-state index in [1.165, 1.54) is 0 Å². The summed E-state index contributed by atoms with van der Waals surface area (Å²) in [6.45, 7) is 11.4. The van der Waals surface area contributed by atoms with Gasteiger partial charge >= 0.3 is 0 Å². The molecule has 0 aliphatic rings. The largest absolute Gasteiger partial charge is 0.384 e. The van der Waals surface area contributed by atoms with Crippen molar-refractivity contribution in [1.29, 1.82) is 0 Å². The van der Waals surface area contributed by atoms with Gasteiger partial charge in [0.15, 0.2) is 0 Å². The predicted octanol–water partition coefficient (Wildman–Crippen LogP) is 4.83. The van der Waals surface area contributed by atoms with Gasteiger partial charge in [-0.05, 0) is 42.0 Å². The summed E-state index contributed by atoms with van der Waals surface area (Å²) in [5.41, 5.74) is 4.44. The van der Waals surface area contributed by atoms with Gasteiger partial charge in [0, 0.05) is 12.2 Å². The van der Waals surface area contributed by atoms with Gasteiger partial charge in [-0.2, -0.15) is 0 Å². The molecule has 0 spiro atoms. The van der Waals surface area contributed by atoms with Gasteiger partial charge in [0.1, 0.15) is 5.69 Å². The number of rotatable bonds is 6. The Bertz CT molecular complexity index is 691. The molecular formula is C20H27N3O. The molecule has 4 heteroatoms. The van der Waals surface area contributed by atoms with Gasteiger partial charge in [0.25, 0.3) is 5.91 Å². The zero-order valence-electron chi connectivity index (χ0n) is 15.2. The van der Waals surface area contributed by atoms with E-state index in [0.717, 1.165) is 29.0 Å². The Kier molecular flexibility index (Phi) is 5.96. The summed E-state index contributed by atoms with van der Waals surface area (Å²) in [7, 11) is 0. The molecule has 128 valence electrons. The SMILES string of the molecule is Cc1cccc(C(C)C)c1NC(=O)c1ccc(NCC(C)C)cn1. The minimum absolute atomic E-state index is 0.179. The fourth-order valence-electron chi connectivity index (χ4n) is 2.47. The van der Waals surface area contributed by atoms with E-state index in [0.29, 0.717) is 17.5 Å². The lowest BCUT2D eigenvalue weighted by Gasteiger charge is -2.16. The lowest BCUT2D eigenvalue weighted by molar-refractivity contribution is 0.102. The third-order valence-corrected chi connectivity index (χ3v) is 3.88. The normalized spacial score (nSPS) is 11.0. The van der Waals surface area contributed by atoms with E-state index in [1.807, 2.05) is 25.1 Å². The molecule has 1 heterocycles. The molecule has 0 radical (unpaired) electrons. The van der Waals surface area contributed by atoms with Crippen LogP contribution in [0.3, 0.4) is 0 Å². The van der Waals surface area contributed by atoms with Crippen LogP contribution in [0.5, 0.6) is 0 Å². The highest BCUT2D eigenvalue weighted by atomic mass is 16.1. The second-order valence-electron chi connectivity index (χ2n) is 6.85. The number of hydrogen-bond donors (Lipinski definition) is 2. The number of benzene rings is 1. The van der Waals surface area contributed by atoms with Crippen LogP contribution >= 0.6 is 0 Å². The highest BCUT2D eigenvalue weighted by Crippen LogP contribution is 2.27. The van der Waals surface area contributed by atoms with Gasteiger partial charge in [-0.25, -0.2) is 4.98 Å². The first-order chi connectivity index (χ1) is 11.4. The average Bonchev–Trinajstić information content (AvgIpc) is 2.55. The molecule has 2 aromatic rings. The quantitative estimate of drug-likeness (QED) is 0.799. The topological polar surface area (TPSA) is 54.0 Å². The number of carbonyl (C=O) groups excluding carboxylic acids is 1. The predicted molar refractivity (Wildman–Crippen MR) is 101 cm³/mol. The van der Waals surface area contributed by atoms with Crippen LogP contribution in [0.4, 0.5) is 11.4 Å². The van der Waals surface area contributed by atoms with Crippen LogP contribution < -0.4 is 10.6 Å². The molecule has 1 aromatic carbocycles. The van der Waals surface area contributed by atoms with E-state index in [2.05, 4.69) is 49.4 Å². The Morgan fingerprint density at radius 3 is 2.46 bits per heavy atom. The van der Waals surface area contributed by atoms with Crippen molar-refractivity contribution < 1.29 is 4.79 Å². The van der Waals surface area contributed by atoms with Gasteiger partial charge < -0.3 is 10.6 Å². The Balaban J connectivity index is 2.13. The lowest BCUT2D eigenvalue weighted by Crippen LogP contribution is -2.16. The number of nitrogens with zero attached hydrogens (tertiary/aromatic N) is 1. The number of aryl methyl sites for hydroxylation is 1. The highest BCUT2D eigenvalue weighted by Gasteiger charge is 2.14. The van der Waals surface area contributed by atoms with Crippen molar-refractivity contribution in [3.8, 4) is 0 Å². The molecule has 0 saturated heterocycles. The third-order valence-electron chi connectivity index (χ3n) is 3.88. The first-order valence-corrected chi connectivity index (χ1v) is 8.49. The van der Waals surface area contributed by atoms with Gasteiger partial charge in [0.2, 0.25) is 0 Å². The zero-order chi connectivity index (χ0) is 17.7. The van der Waals surface area contributed by atoms with E-state index in [1.54, 1.807) is 12.3 Å². The fraction of sp³-hybridized carbons (Fsp3) is 0.400. The van der Waals surface area contributed by atoms with Crippen LogP contribution in [-0.4, -0.2) is 17.4 Å². The minimum Gasteiger partial charge on any atom is -0.384 e. The van der Waals surface area contributed by atoms with Crippen molar-refractivity contribution in [3.05, 3.63) is 53.3 Å². The molecule has 0 aliphatic heterocycles. The molecule has 0 saturated carbocycles. The van der Waals surface area contributed by atoms with Gasteiger partial charge in [-0.1, -0.05) is 45.9 Å². The van der Waals surface area contributed by atoms with Crippen molar-refractivity contribution in [2.45, 2.75) is 40.5 Å². The second-order valence-corrected chi connectivity index (χ2v) is 6.85. The van der Waals surface area contributed by atoms with Crippen LogP contribution in [0.2, 0.25) is 0 Å². The maximum absolute atomic E-state index is 12.5. The Labute approximate surface area is 144 Å². The molecule has 4 nitrogen and oxygen atoms in total. The van der Waals surface area contributed by atoms with Crippen LogP contribution in [0, 0.1) is 12.8 Å². The smallest absolute Gasteiger partial charge is 0.274 e. The van der Waals surface area contributed by atoms with Crippen molar-refractivity contribution in [3.63, 3.8) is 0 Å². The molecule has 0 bridgehead atoms. The number of pyridine rings is 1. The Hall–Kier alpha value is -2.36. The number of para-hydroxylation sites is 1. The first kappa shape index (κ1) is 18.0. The monoisotopic (exact) mass is 325 g/mol. The number of aromatic nitrogens is 1. The van der Waals surface area contributed by atoms with Gasteiger partial charge in [-0.15, -0.1) is 0 Å². The van der Waals surface area contributed by atoms with Crippen molar-refractivity contribution in [2.75, 3.05) is 17.2 Å². The van der Waals surface area contributed by atoms with Gasteiger partial charge in [-0.3, -0.25) is 4.79 Å². The van der Waals surface area contributed by atoms with Crippen molar-refractivity contribution in [2.24, 2.45) is 5.92 Å². The number of nitrogens with one attached hydrogen (secondary N) is 2. The Morgan fingerprint density at radius 1 is 1.12 bits per heavy atom. The van der Waals surface area contributed by atoms with E-state index < -0.39 is 0 Å². The standard InChI is InChI=1S/C20H27N3O/c1-13(2)11-21-16-9-10-18(22-12-16)20(24)23-19-15(5)7-6-8-17(19)14(3)4/h6-10,12-14,21H,11H2,1-5H3,(H,23,24). The number of amides is 1. The van der Waals surface area contributed by atoms with E-state index >= 15 is 0 Å². The molecule has 1 amide bonds. The first-order valence-electron chi connectivity index (χ1n) is 8.49. The van der Waals surface area contributed by atoms with Crippen LogP contribution in [0.1, 0.15) is 55.2 Å². The zero-order valence-corrected chi connectivity index (χ0v) is 15.2. The van der Waals surface area contributed by atoms with E-state index in [9.17, 15) is 4.79 Å². The molecular weight excluding hydrogens is 298 g/mol. The molecule has 24 heavy (non-hydrogen) atoms. The minimum atomic E-state index is -0.179. The summed E-state index contributed by atoms with van der Waals surface area (Å²) >= 11 is 0. The molecule has 0 unspecified atom stereocenters. The summed E-state index contributed by atoms with van der Waals surface area (Å²) in [6.07, 6.45) is 1.71. The van der Waals surface area contributed by atoms with E-state index in [-0.39, 0.29) is 5.91 Å². The van der Waals surface area contributed by atoms with Crippen LogP contribution in [-0.2, 0) is 0 Å². The maximum atomic E-state index is 12.5.